The molecular weight excluding hydrogens is 294 g/mol. The van der Waals surface area contributed by atoms with Gasteiger partial charge >= 0.3 is 13.3 Å². The van der Waals surface area contributed by atoms with Gasteiger partial charge in [-0.15, -0.1) is 0 Å². The highest BCUT2D eigenvalue weighted by Crippen LogP contribution is 2.37. The molecule has 0 radical (unpaired) electrons. The minimum absolute atomic E-state index is 0.0382. The average molecular weight is 311 g/mol. The number of aryl methyl sites for hydroxylation is 1. The Morgan fingerprint density at radius 1 is 1.09 bits per heavy atom. The van der Waals surface area contributed by atoms with Crippen LogP contribution < -0.4 is 5.46 Å². The lowest BCUT2D eigenvalue weighted by Gasteiger charge is -2.32. The molecule has 118 valence electrons. The van der Waals surface area contributed by atoms with Crippen LogP contribution in [-0.4, -0.2) is 18.3 Å². The number of hydrogen-bond acceptors (Lipinski definition) is 3. The monoisotopic (exact) mass is 311 g/mol. The summed E-state index contributed by atoms with van der Waals surface area (Å²) in [5.74, 6) is 0. The molecule has 1 aromatic rings. The molecule has 0 saturated carbocycles. The third-order valence-corrected chi connectivity index (χ3v) is 4.33. The Kier molecular flexibility index (Phi) is 3.83. The quantitative estimate of drug-likeness (QED) is 0.748. The van der Waals surface area contributed by atoms with Crippen molar-refractivity contribution in [3.05, 3.63) is 28.8 Å². The molecule has 0 bridgehead atoms. The highest BCUT2D eigenvalue weighted by Gasteiger charge is 2.52. The van der Waals surface area contributed by atoms with E-state index in [-0.39, 0.29) is 11.1 Å². The first-order valence-corrected chi connectivity index (χ1v) is 6.86. The second kappa shape index (κ2) is 5.00. The van der Waals surface area contributed by atoms with Gasteiger partial charge in [-0.25, -0.2) is 0 Å². The normalized spacial score (nSPS) is 20.0. The maximum Gasteiger partial charge on any atom is 0.496 e. The summed E-state index contributed by atoms with van der Waals surface area (Å²) < 4.78 is 50.5. The van der Waals surface area contributed by atoms with Crippen molar-refractivity contribution in [1.82, 2.24) is 0 Å². The van der Waals surface area contributed by atoms with Crippen LogP contribution in [0.25, 0.3) is 0 Å². The van der Waals surface area contributed by atoms with Gasteiger partial charge < -0.3 is 9.31 Å². The van der Waals surface area contributed by atoms with Crippen molar-refractivity contribution in [3.63, 3.8) is 0 Å². The molecule has 0 amide bonds. The van der Waals surface area contributed by atoms with Crippen molar-refractivity contribution < 1.29 is 22.5 Å². The van der Waals surface area contributed by atoms with Gasteiger partial charge in [-0.3, -0.25) is 0 Å². The van der Waals surface area contributed by atoms with Crippen LogP contribution in [0, 0.1) is 18.3 Å². The molecule has 0 unspecified atom stereocenters. The van der Waals surface area contributed by atoms with Crippen LogP contribution in [0.4, 0.5) is 13.2 Å². The van der Waals surface area contributed by atoms with E-state index in [9.17, 15) is 18.4 Å². The van der Waals surface area contributed by atoms with E-state index in [1.54, 1.807) is 6.07 Å². The fourth-order valence-corrected chi connectivity index (χ4v) is 2.30. The van der Waals surface area contributed by atoms with E-state index >= 15 is 0 Å². The van der Waals surface area contributed by atoms with Gasteiger partial charge in [-0.1, -0.05) is 6.07 Å². The maximum atomic E-state index is 12.9. The Morgan fingerprint density at radius 3 is 2.00 bits per heavy atom. The van der Waals surface area contributed by atoms with Crippen LogP contribution in [0.1, 0.15) is 44.4 Å². The number of rotatable bonds is 1. The summed E-state index contributed by atoms with van der Waals surface area (Å²) in [7, 11) is -0.861. The number of benzene rings is 1. The summed E-state index contributed by atoms with van der Waals surface area (Å²) in [6, 6.07) is 3.99. The average Bonchev–Trinajstić information content (AvgIpc) is 2.56. The lowest BCUT2D eigenvalue weighted by atomic mass is 9.74. The minimum atomic E-state index is -4.50. The van der Waals surface area contributed by atoms with Gasteiger partial charge in [0.25, 0.3) is 0 Å². The van der Waals surface area contributed by atoms with E-state index < -0.39 is 30.1 Å². The molecule has 1 aliphatic rings. The molecule has 1 aliphatic heterocycles. The third-order valence-electron chi connectivity index (χ3n) is 4.33. The molecule has 1 fully saturated rings. The molecule has 1 heterocycles. The molecule has 0 aliphatic carbocycles. The Morgan fingerprint density at radius 2 is 1.59 bits per heavy atom. The van der Waals surface area contributed by atoms with Crippen LogP contribution in [0.3, 0.4) is 0 Å². The number of nitrogens with zero attached hydrogens (tertiary/aromatic N) is 1. The lowest BCUT2D eigenvalue weighted by Crippen LogP contribution is -2.41. The maximum absolute atomic E-state index is 12.9. The first-order chi connectivity index (χ1) is 9.89. The van der Waals surface area contributed by atoms with Gasteiger partial charge in [-0.05, 0) is 46.2 Å². The van der Waals surface area contributed by atoms with E-state index in [1.807, 2.05) is 27.7 Å². The standard InChI is InChI=1S/C15H17BF3NO2/c1-9-6-12(10(8-20)7-11(9)15(17,18)19)16-21-13(2,3)14(4,5)22-16/h6-7H,1-5H3. The van der Waals surface area contributed by atoms with Gasteiger partial charge in [0.15, 0.2) is 0 Å². The molecule has 0 N–H and O–H groups in total. The molecule has 7 heteroatoms. The summed E-state index contributed by atoms with van der Waals surface area (Å²) in [4.78, 5) is 0. The van der Waals surface area contributed by atoms with Crippen molar-refractivity contribution >= 4 is 12.6 Å². The van der Waals surface area contributed by atoms with E-state index in [1.165, 1.54) is 13.0 Å². The molecule has 0 atom stereocenters. The smallest absolute Gasteiger partial charge is 0.399 e. The van der Waals surface area contributed by atoms with Crippen LogP contribution in [0.5, 0.6) is 0 Å². The van der Waals surface area contributed by atoms with Gasteiger partial charge in [0.2, 0.25) is 0 Å². The Labute approximate surface area is 128 Å². The Hall–Kier alpha value is -1.52. The zero-order valence-corrected chi connectivity index (χ0v) is 13.1. The highest BCUT2D eigenvalue weighted by atomic mass is 19.4. The molecular formula is C15H17BF3NO2. The fraction of sp³-hybridized carbons (Fsp3) is 0.533. The number of halogens is 3. The zero-order chi connectivity index (χ0) is 16.9. The van der Waals surface area contributed by atoms with Crippen molar-refractivity contribution in [2.45, 2.75) is 52.0 Å². The summed E-state index contributed by atoms with van der Waals surface area (Å²) in [6.07, 6.45) is -4.50. The Balaban J connectivity index is 2.51. The first-order valence-electron chi connectivity index (χ1n) is 6.86. The molecule has 2 rings (SSSR count). The first kappa shape index (κ1) is 16.8. The second-order valence-electron chi connectivity index (χ2n) is 6.45. The molecule has 1 aromatic carbocycles. The van der Waals surface area contributed by atoms with Gasteiger partial charge in [0.05, 0.1) is 28.4 Å². The predicted molar refractivity (Wildman–Crippen MR) is 76.6 cm³/mol. The summed E-state index contributed by atoms with van der Waals surface area (Å²) in [6.45, 7) is 8.73. The Bertz CT molecular complexity index is 631. The molecule has 0 aromatic heterocycles. The van der Waals surface area contributed by atoms with E-state index in [4.69, 9.17) is 9.31 Å². The summed E-state index contributed by atoms with van der Waals surface area (Å²) in [5.41, 5.74) is -1.79. The number of hydrogen-bond donors (Lipinski definition) is 0. The van der Waals surface area contributed by atoms with E-state index in [0.29, 0.717) is 5.46 Å². The molecule has 22 heavy (non-hydrogen) atoms. The zero-order valence-electron chi connectivity index (χ0n) is 13.1. The SMILES string of the molecule is Cc1cc(B2OC(C)(C)C(C)(C)O2)c(C#N)cc1C(F)(F)F. The fourth-order valence-electron chi connectivity index (χ4n) is 2.30. The topological polar surface area (TPSA) is 42.2 Å². The van der Waals surface area contributed by atoms with Crippen LogP contribution in [0.2, 0.25) is 0 Å². The van der Waals surface area contributed by atoms with Crippen molar-refractivity contribution in [1.29, 1.82) is 5.26 Å². The van der Waals surface area contributed by atoms with E-state index in [0.717, 1.165) is 6.07 Å². The van der Waals surface area contributed by atoms with Crippen molar-refractivity contribution in [2.75, 3.05) is 0 Å². The van der Waals surface area contributed by atoms with Gasteiger partial charge in [0, 0.05) is 5.46 Å². The number of alkyl halides is 3. The predicted octanol–water partition coefficient (Wildman–Crippen LogP) is 3.18. The molecule has 3 nitrogen and oxygen atoms in total. The van der Waals surface area contributed by atoms with Crippen molar-refractivity contribution in [3.8, 4) is 6.07 Å². The number of nitriles is 1. The third kappa shape index (κ3) is 2.73. The largest absolute Gasteiger partial charge is 0.496 e. The summed E-state index contributed by atoms with van der Waals surface area (Å²) >= 11 is 0. The summed E-state index contributed by atoms with van der Waals surface area (Å²) in [5, 5.41) is 9.19. The highest BCUT2D eigenvalue weighted by molar-refractivity contribution is 6.62. The second-order valence-corrected chi connectivity index (χ2v) is 6.45. The molecule has 0 spiro atoms. The van der Waals surface area contributed by atoms with Crippen molar-refractivity contribution in [2.24, 2.45) is 0 Å². The van der Waals surface area contributed by atoms with E-state index in [2.05, 4.69) is 0 Å². The lowest BCUT2D eigenvalue weighted by molar-refractivity contribution is -0.138. The van der Waals surface area contributed by atoms with Crippen LogP contribution >= 0.6 is 0 Å². The van der Waals surface area contributed by atoms with Crippen LogP contribution in [0.15, 0.2) is 12.1 Å². The van der Waals surface area contributed by atoms with Gasteiger partial charge in [0.1, 0.15) is 0 Å². The van der Waals surface area contributed by atoms with Gasteiger partial charge in [-0.2, -0.15) is 18.4 Å². The van der Waals surface area contributed by atoms with Crippen LogP contribution in [-0.2, 0) is 15.5 Å². The molecule has 1 saturated heterocycles. The minimum Gasteiger partial charge on any atom is -0.399 e.